The van der Waals surface area contributed by atoms with Gasteiger partial charge in [0.2, 0.25) is 10.0 Å². The first-order valence-electron chi connectivity index (χ1n) is 6.28. The molecule has 0 bridgehead atoms. The Hall–Kier alpha value is -0.980. The molecule has 0 aliphatic carbocycles. The van der Waals surface area contributed by atoms with Crippen LogP contribution in [0.1, 0.15) is 37.3 Å². The summed E-state index contributed by atoms with van der Waals surface area (Å²) >= 11 is 4.90. The quantitative estimate of drug-likeness (QED) is 0.597. The van der Waals surface area contributed by atoms with Crippen LogP contribution in [0.15, 0.2) is 23.1 Å². The predicted octanol–water partition coefficient (Wildman–Crippen LogP) is 2.10. The van der Waals surface area contributed by atoms with Crippen LogP contribution in [0.4, 0.5) is 0 Å². The topological polar surface area (TPSA) is 72.2 Å². The number of nitrogens with two attached hydrogens (primary N) is 1. The maximum atomic E-state index is 12.1. The summed E-state index contributed by atoms with van der Waals surface area (Å²) in [6.07, 6.45) is 2.92. The molecule has 0 unspecified atom stereocenters. The highest BCUT2D eigenvalue weighted by atomic mass is 32.2. The highest BCUT2D eigenvalue weighted by Gasteiger charge is 2.14. The lowest BCUT2D eigenvalue weighted by molar-refractivity contribution is 0.576. The molecule has 1 rings (SSSR count). The van der Waals surface area contributed by atoms with Crippen LogP contribution in [0.2, 0.25) is 0 Å². The zero-order valence-corrected chi connectivity index (χ0v) is 12.9. The standard InChI is InChI=1S/C13H20N2O2S2/c1-3-4-5-8-15-19(16,17)11-6-7-12(13(14)18)10(2)9-11/h6-7,9,15H,3-5,8H2,1-2H3,(H2,14,18). The first kappa shape index (κ1) is 16.1. The molecule has 0 fully saturated rings. The van der Waals surface area contributed by atoms with Gasteiger partial charge < -0.3 is 5.73 Å². The van der Waals surface area contributed by atoms with Gasteiger partial charge in [-0.1, -0.05) is 38.0 Å². The Kier molecular flexibility index (Phi) is 5.90. The van der Waals surface area contributed by atoms with Crippen molar-refractivity contribution in [2.24, 2.45) is 5.73 Å². The SMILES string of the molecule is CCCCCNS(=O)(=O)c1ccc(C(N)=S)c(C)c1. The molecule has 0 heterocycles. The van der Waals surface area contributed by atoms with Crippen molar-refractivity contribution in [3.05, 3.63) is 29.3 Å². The van der Waals surface area contributed by atoms with Crippen molar-refractivity contribution in [2.75, 3.05) is 6.54 Å². The van der Waals surface area contributed by atoms with E-state index in [1.54, 1.807) is 19.1 Å². The highest BCUT2D eigenvalue weighted by Crippen LogP contribution is 2.15. The summed E-state index contributed by atoms with van der Waals surface area (Å²) in [6, 6.07) is 4.78. The van der Waals surface area contributed by atoms with E-state index in [0.29, 0.717) is 12.1 Å². The summed E-state index contributed by atoms with van der Waals surface area (Å²) in [7, 11) is -3.44. The molecular weight excluding hydrogens is 280 g/mol. The third kappa shape index (κ3) is 4.56. The molecule has 0 saturated heterocycles. The Balaban J connectivity index is 2.84. The second kappa shape index (κ2) is 6.98. The molecule has 1 aromatic rings. The number of rotatable bonds is 7. The summed E-state index contributed by atoms with van der Waals surface area (Å²) in [5.74, 6) is 0. The summed E-state index contributed by atoms with van der Waals surface area (Å²) < 4.78 is 26.7. The van der Waals surface area contributed by atoms with E-state index in [4.69, 9.17) is 18.0 Å². The maximum absolute atomic E-state index is 12.1. The lowest BCUT2D eigenvalue weighted by atomic mass is 10.1. The lowest BCUT2D eigenvalue weighted by Gasteiger charge is -2.09. The van der Waals surface area contributed by atoms with Gasteiger partial charge in [-0.15, -0.1) is 0 Å². The van der Waals surface area contributed by atoms with Crippen molar-refractivity contribution in [1.29, 1.82) is 0 Å². The van der Waals surface area contributed by atoms with Gasteiger partial charge in [0.05, 0.1) is 4.90 Å². The van der Waals surface area contributed by atoms with Gasteiger partial charge in [-0.2, -0.15) is 0 Å². The average Bonchev–Trinajstić information content (AvgIpc) is 2.34. The van der Waals surface area contributed by atoms with Crippen LogP contribution in [0, 0.1) is 6.92 Å². The van der Waals surface area contributed by atoms with Gasteiger partial charge >= 0.3 is 0 Å². The predicted molar refractivity (Wildman–Crippen MR) is 81.8 cm³/mol. The summed E-state index contributed by atoms with van der Waals surface area (Å²) in [6.45, 7) is 4.34. The number of sulfonamides is 1. The van der Waals surface area contributed by atoms with Crippen LogP contribution in [-0.2, 0) is 10.0 Å². The van der Waals surface area contributed by atoms with Crippen molar-refractivity contribution in [2.45, 2.75) is 38.0 Å². The molecule has 0 radical (unpaired) electrons. The van der Waals surface area contributed by atoms with Gasteiger partial charge in [0.25, 0.3) is 0 Å². The van der Waals surface area contributed by atoms with E-state index in [0.717, 1.165) is 24.8 Å². The molecular formula is C13H20N2O2S2. The van der Waals surface area contributed by atoms with Crippen molar-refractivity contribution in [3.63, 3.8) is 0 Å². The second-order valence-corrected chi connectivity index (χ2v) is 6.65. The molecule has 0 amide bonds. The molecule has 0 saturated carbocycles. The fourth-order valence-electron chi connectivity index (χ4n) is 1.74. The van der Waals surface area contributed by atoms with E-state index in [1.165, 1.54) is 6.07 Å². The van der Waals surface area contributed by atoms with E-state index in [1.807, 2.05) is 0 Å². The third-order valence-electron chi connectivity index (χ3n) is 2.85. The molecule has 0 aromatic heterocycles. The normalized spacial score (nSPS) is 11.5. The molecule has 3 N–H and O–H groups in total. The minimum Gasteiger partial charge on any atom is -0.389 e. The molecule has 0 aliphatic rings. The largest absolute Gasteiger partial charge is 0.389 e. The van der Waals surface area contributed by atoms with Crippen LogP contribution >= 0.6 is 12.2 Å². The molecule has 0 atom stereocenters. The van der Waals surface area contributed by atoms with Gasteiger partial charge in [0.1, 0.15) is 4.99 Å². The van der Waals surface area contributed by atoms with Crippen molar-refractivity contribution < 1.29 is 8.42 Å². The number of hydrogen-bond donors (Lipinski definition) is 2. The molecule has 1 aromatic carbocycles. The number of thiocarbonyl (C=S) groups is 1. The second-order valence-electron chi connectivity index (χ2n) is 4.45. The Morgan fingerprint density at radius 2 is 2.05 bits per heavy atom. The van der Waals surface area contributed by atoms with Crippen LogP contribution in [-0.4, -0.2) is 20.0 Å². The molecule has 4 nitrogen and oxygen atoms in total. The van der Waals surface area contributed by atoms with E-state index < -0.39 is 10.0 Å². The van der Waals surface area contributed by atoms with Gasteiger partial charge in [0.15, 0.2) is 0 Å². The maximum Gasteiger partial charge on any atom is 0.240 e. The fourth-order valence-corrected chi connectivity index (χ4v) is 3.13. The number of hydrogen-bond acceptors (Lipinski definition) is 3. The van der Waals surface area contributed by atoms with E-state index in [9.17, 15) is 8.42 Å². The van der Waals surface area contributed by atoms with Gasteiger partial charge in [0, 0.05) is 12.1 Å². The Morgan fingerprint density at radius 3 is 2.58 bits per heavy atom. The third-order valence-corrected chi connectivity index (χ3v) is 4.52. The zero-order chi connectivity index (χ0) is 14.5. The fraction of sp³-hybridized carbons (Fsp3) is 0.462. The number of unbranched alkanes of at least 4 members (excludes halogenated alkanes) is 2. The summed E-state index contributed by atoms with van der Waals surface area (Å²) in [5, 5.41) is 0. The molecule has 6 heteroatoms. The molecule has 0 aliphatic heterocycles. The Labute approximate surface area is 120 Å². The van der Waals surface area contributed by atoms with Crippen LogP contribution in [0.5, 0.6) is 0 Å². The molecule has 0 spiro atoms. The number of aryl methyl sites for hydroxylation is 1. The van der Waals surface area contributed by atoms with Crippen LogP contribution < -0.4 is 10.5 Å². The summed E-state index contributed by atoms with van der Waals surface area (Å²) in [5.41, 5.74) is 7.03. The Bertz CT molecular complexity index is 554. The van der Waals surface area contributed by atoms with E-state index in [2.05, 4.69) is 11.6 Å². The Morgan fingerprint density at radius 1 is 1.37 bits per heavy atom. The highest BCUT2D eigenvalue weighted by molar-refractivity contribution is 7.89. The first-order chi connectivity index (χ1) is 8.88. The van der Waals surface area contributed by atoms with Gasteiger partial charge in [-0.05, 0) is 31.0 Å². The molecule has 106 valence electrons. The minimum atomic E-state index is -3.44. The minimum absolute atomic E-state index is 0.251. The van der Waals surface area contributed by atoms with Gasteiger partial charge in [-0.3, -0.25) is 0 Å². The first-order valence-corrected chi connectivity index (χ1v) is 8.17. The van der Waals surface area contributed by atoms with E-state index in [-0.39, 0.29) is 9.88 Å². The van der Waals surface area contributed by atoms with Crippen LogP contribution in [0.25, 0.3) is 0 Å². The van der Waals surface area contributed by atoms with Crippen molar-refractivity contribution in [3.8, 4) is 0 Å². The number of nitrogens with one attached hydrogen (secondary N) is 1. The number of benzene rings is 1. The van der Waals surface area contributed by atoms with Crippen molar-refractivity contribution >= 4 is 27.2 Å². The van der Waals surface area contributed by atoms with Crippen LogP contribution in [0.3, 0.4) is 0 Å². The smallest absolute Gasteiger partial charge is 0.240 e. The zero-order valence-electron chi connectivity index (χ0n) is 11.3. The van der Waals surface area contributed by atoms with Gasteiger partial charge in [-0.25, -0.2) is 13.1 Å². The summed E-state index contributed by atoms with van der Waals surface area (Å²) in [4.78, 5) is 0.527. The monoisotopic (exact) mass is 300 g/mol. The average molecular weight is 300 g/mol. The van der Waals surface area contributed by atoms with Crippen molar-refractivity contribution in [1.82, 2.24) is 4.72 Å². The van der Waals surface area contributed by atoms with E-state index >= 15 is 0 Å². The molecule has 19 heavy (non-hydrogen) atoms. The lowest BCUT2D eigenvalue weighted by Crippen LogP contribution is -2.25.